The molecular formula is C19H18FN3O2. The molecule has 6 heteroatoms. The van der Waals surface area contributed by atoms with Crippen molar-refractivity contribution in [3.05, 3.63) is 65.6 Å². The summed E-state index contributed by atoms with van der Waals surface area (Å²) < 4.78 is 13.1. The SMILES string of the molecule is O=C(c1n[nH]c2ccccc12)N(CC(O)c1ccc(F)cc1)C1CC1. The smallest absolute Gasteiger partial charge is 0.275 e. The first kappa shape index (κ1) is 15.8. The number of aromatic nitrogens is 2. The van der Waals surface area contributed by atoms with Crippen LogP contribution in [0, 0.1) is 5.82 Å². The second-order valence-corrected chi connectivity index (χ2v) is 6.37. The van der Waals surface area contributed by atoms with Crippen molar-refractivity contribution in [3.63, 3.8) is 0 Å². The van der Waals surface area contributed by atoms with Crippen LogP contribution in [0.15, 0.2) is 48.5 Å². The fraction of sp³-hybridized carbons (Fsp3) is 0.263. The number of H-pyrrole nitrogens is 1. The predicted octanol–water partition coefficient (Wildman–Crippen LogP) is 3.04. The minimum Gasteiger partial charge on any atom is -0.387 e. The first-order valence-electron chi connectivity index (χ1n) is 8.31. The fourth-order valence-electron chi connectivity index (χ4n) is 3.02. The quantitative estimate of drug-likeness (QED) is 0.751. The lowest BCUT2D eigenvalue weighted by atomic mass is 10.1. The zero-order chi connectivity index (χ0) is 17.4. The summed E-state index contributed by atoms with van der Waals surface area (Å²) in [5.41, 5.74) is 1.77. The number of aromatic amines is 1. The Kier molecular flexibility index (Phi) is 3.97. The van der Waals surface area contributed by atoms with Crippen molar-refractivity contribution in [2.75, 3.05) is 6.54 Å². The first-order chi connectivity index (χ1) is 12.1. The van der Waals surface area contributed by atoms with Crippen molar-refractivity contribution < 1.29 is 14.3 Å². The number of carbonyl (C=O) groups excluding carboxylic acids is 1. The molecule has 0 aliphatic heterocycles. The number of benzene rings is 2. The van der Waals surface area contributed by atoms with Gasteiger partial charge in [-0.15, -0.1) is 0 Å². The van der Waals surface area contributed by atoms with Crippen LogP contribution >= 0.6 is 0 Å². The van der Waals surface area contributed by atoms with Gasteiger partial charge in [0.1, 0.15) is 5.82 Å². The molecule has 1 atom stereocenters. The maximum absolute atomic E-state index is 13.1. The molecule has 2 N–H and O–H groups in total. The molecule has 128 valence electrons. The third kappa shape index (κ3) is 3.13. The fourth-order valence-corrected chi connectivity index (χ4v) is 3.02. The molecule has 0 bridgehead atoms. The van der Waals surface area contributed by atoms with E-state index in [1.807, 2.05) is 24.3 Å². The number of fused-ring (bicyclic) bond motifs is 1. The number of halogens is 1. The maximum Gasteiger partial charge on any atom is 0.275 e. The third-order valence-corrected chi connectivity index (χ3v) is 4.55. The van der Waals surface area contributed by atoms with E-state index >= 15 is 0 Å². The second-order valence-electron chi connectivity index (χ2n) is 6.37. The Morgan fingerprint density at radius 3 is 2.68 bits per heavy atom. The Morgan fingerprint density at radius 2 is 1.96 bits per heavy atom. The van der Waals surface area contributed by atoms with Crippen molar-refractivity contribution in [1.82, 2.24) is 15.1 Å². The van der Waals surface area contributed by atoms with Gasteiger partial charge < -0.3 is 10.0 Å². The number of aliphatic hydroxyl groups is 1. The van der Waals surface area contributed by atoms with Gasteiger partial charge >= 0.3 is 0 Å². The number of para-hydroxylation sites is 1. The Hall–Kier alpha value is -2.73. The summed E-state index contributed by atoms with van der Waals surface area (Å²) in [6.45, 7) is 0.163. The van der Waals surface area contributed by atoms with Crippen LogP contribution in [0.2, 0.25) is 0 Å². The minimum absolute atomic E-state index is 0.123. The number of nitrogens with zero attached hydrogens (tertiary/aromatic N) is 2. The lowest BCUT2D eigenvalue weighted by Gasteiger charge is -2.25. The molecule has 1 unspecified atom stereocenters. The van der Waals surface area contributed by atoms with Gasteiger partial charge in [0, 0.05) is 11.4 Å². The summed E-state index contributed by atoms with van der Waals surface area (Å²) >= 11 is 0. The van der Waals surface area contributed by atoms with E-state index in [9.17, 15) is 14.3 Å². The molecule has 0 radical (unpaired) electrons. The zero-order valence-electron chi connectivity index (χ0n) is 13.5. The monoisotopic (exact) mass is 339 g/mol. The molecule has 1 amide bonds. The predicted molar refractivity (Wildman–Crippen MR) is 91.5 cm³/mol. The van der Waals surface area contributed by atoms with Gasteiger partial charge in [-0.3, -0.25) is 9.89 Å². The molecule has 4 rings (SSSR count). The van der Waals surface area contributed by atoms with Crippen molar-refractivity contribution in [2.45, 2.75) is 25.0 Å². The third-order valence-electron chi connectivity index (χ3n) is 4.55. The molecule has 1 heterocycles. The normalized spacial score (nSPS) is 15.3. The van der Waals surface area contributed by atoms with Crippen molar-refractivity contribution >= 4 is 16.8 Å². The van der Waals surface area contributed by atoms with Crippen LogP contribution in [0.5, 0.6) is 0 Å². The van der Waals surface area contributed by atoms with Gasteiger partial charge in [-0.25, -0.2) is 4.39 Å². The van der Waals surface area contributed by atoms with Gasteiger partial charge in [0.05, 0.1) is 18.2 Å². The zero-order valence-corrected chi connectivity index (χ0v) is 13.5. The van der Waals surface area contributed by atoms with E-state index in [4.69, 9.17) is 0 Å². The largest absolute Gasteiger partial charge is 0.387 e. The molecule has 1 aliphatic carbocycles. The van der Waals surface area contributed by atoms with E-state index in [0.29, 0.717) is 11.3 Å². The molecule has 3 aromatic rings. The Balaban J connectivity index is 1.59. The lowest BCUT2D eigenvalue weighted by molar-refractivity contribution is 0.0599. The number of nitrogens with one attached hydrogen (secondary N) is 1. The summed E-state index contributed by atoms with van der Waals surface area (Å²) in [7, 11) is 0. The molecule has 2 aromatic carbocycles. The molecule has 0 spiro atoms. The lowest BCUT2D eigenvalue weighted by Crippen LogP contribution is -2.37. The van der Waals surface area contributed by atoms with Crippen LogP contribution in [0.3, 0.4) is 0 Å². The number of carbonyl (C=O) groups is 1. The molecule has 25 heavy (non-hydrogen) atoms. The highest BCUT2D eigenvalue weighted by molar-refractivity contribution is 6.04. The van der Waals surface area contributed by atoms with Crippen LogP contribution in [0.25, 0.3) is 10.9 Å². The molecule has 1 aliphatic rings. The van der Waals surface area contributed by atoms with Crippen LogP contribution in [-0.2, 0) is 0 Å². The maximum atomic E-state index is 13.1. The highest BCUT2D eigenvalue weighted by Gasteiger charge is 2.35. The Bertz CT molecular complexity index is 902. The van der Waals surface area contributed by atoms with E-state index in [1.165, 1.54) is 12.1 Å². The van der Waals surface area contributed by atoms with E-state index in [1.54, 1.807) is 17.0 Å². The second kappa shape index (κ2) is 6.29. The minimum atomic E-state index is -0.865. The summed E-state index contributed by atoms with van der Waals surface area (Å²) in [5, 5.41) is 18.3. The highest BCUT2D eigenvalue weighted by atomic mass is 19.1. The summed E-state index contributed by atoms with van der Waals surface area (Å²) in [6, 6.07) is 13.3. The van der Waals surface area contributed by atoms with Crippen molar-refractivity contribution in [1.29, 1.82) is 0 Å². The standard InChI is InChI=1S/C19H18FN3O2/c20-13-7-5-12(6-8-13)17(24)11-23(14-9-10-14)19(25)18-15-3-1-2-4-16(15)21-22-18/h1-8,14,17,24H,9-11H2,(H,21,22). The van der Waals surface area contributed by atoms with Crippen molar-refractivity contribution in [2.24, 2.45) is 0 Å². The van der Waals surface area contributed by atoms with Gasteiger partial charge in [-0.1, -0.05) is 30.3 Å². The van der Waals surface area contributed by atoms with E-state index in [0.717, 1.165) is 23.7 Å². The Labute approximate surface area is 144 Å². The number of hydrogen-bond donors (Lipinski definition) is 2. The number of rotatable bonds is 5. The van der Waals surface area contributed by atoms with Gasteiger partial charge in [-0.2, -0.15) is 5.10 Å². The van der Waals surface area contributed by atoms with Gasteiger partial charge in [0.2, 0.25) is 0 Å². The van der Waals surface area contributed by atoms with Gasteiger partial charge in [0.15, 0.2) is 5.69 Å². The summed E-state index contributed by atoms with van der Waals surface area (Å²) in [4.78, 5) is 14.7. The highest BCUT2D eigenvalue weighted by Crippen LogP contribution is 2.31. The molecule has 0 saturated heterocycles. The Morgan fingerprint density at radius 1 is 1.24 bits per heavy atom. The van der Waals surface area contributed by atoms with Crippen LogP contribution in [0.1, 0.15) is 35.0 Å². The summed E-state index contributed by atoms with van der Waals surface area (Å²) in [5.74, 6) is -0.546. The average molecular weight is 339 g/mol. The topological polar surface area (TPSA) is 69.2 Å². The number of aliphatic hydroxyl groups excluding tert-OH is 1. The van der Waals surface area contributed by atoms with Gasteiger partial charge in [-0.05, 0) is 36.6 Å². The number of amides is 1. The summed E-state index contributed by atoms with van der Waals surface area (Å²) in [6.07, 6.45) is 0.976. The molecular weight excluding hydrogens is 321 g/mol. The van der Waals surface area contributed by atoms with E-state index in [2.05, 4.69) is 10.2 Å². The van der Waals surface area contributed by atoms with E-state index < -0.39 is 6.10 Å². The molecule has 1 fully saturated rings. The van der Waals surface area contributed by atoms with Crippen LogP contribution in [-0.4, -0.2) is 38.7 Å². The van der Waals surface area contributed by atoms with Crippen molar-refractivity contribution in [3.8, 4) is 0 Å². The number of hydrogen-bond acceptors (Lipinski definition) is 3. The molecule has 1 aromatic heterocycles. The molecule has 1 saturated carbocycles. The van der Waals surface area contributed by atoms with Crippen LogP contribution < -0.4 is 0 Å². The van der Waals surface area contributed by atoms with Gasteiger partial charge in [0.25, 0.3) is 5.91 Å². The average Bonchev–Trinajstić information content (AvgIpc) is 3.38. The molecule has 5 nitrogen and oxygen atoms in total. The first-order valence-corrected chi connectivity index (χ1v) is 8.31. The van der Waals surface area contributed by atoms with E-state index in [-0.39, 0.29) is 24.3 Å². The van der Waals surface area contributed by atoms with Crippen LogP contribution in [0.4, 0.5) is 4.39 Å².